The number of benzene rings is 2. The first kappa shape index (κ1) is 16.0. The van der Waals surface area contributed by atoms with Crippen molar-refractivity contribution in [2.75, 3.05) is 23.3 Å². The van der Waals surface area contributed by atoms with Gasteiger partial charge in [0, 0.05) is 23.5 Å². The lowest BCUT2D eigenvalue weighted by Crippen LogP contribution is -2.37. The molecular weight excluding hydrogens is 309 g/mol. The van der Waals surface area contributed by atoms with Crippen LogP contribution in [0.4, 0.5) is 15.8 Å². The third-order valence-corrected chi connectivity index (χ3v) is 4.05. The normalized spacial score (nSPS) is 13.3. The van der Waals surface area contributed by atoms with E-state index in [0.717, 1.165) is 30.6 Å². The zero-order chi connectivity index (χ0) is 17.1. The van der Waals surface area contributed by atoms with Crippen LogP contribution in [0.5, 0.6) is 0 Å². The summed E-state index contributed by atoms with van der Waals surface area (Å²) in [5, 5.41) is 2.88. The quantitative estimate of drug-likeness (QED) is 0.905. The summed E-state index contributed by atoms with van der Waals surface area (Å²) in [6, 6.07) is 11.0. The van der Waals surface area contributed by atoms with Crippen LogP contribution in [-0.4, -0.2) is 24.9 Å². The van der Waals surface area contributed by atoms with E-state index in [4.69, 9.17) is 5.73 Å². The van der Waals surface area contributed by atoms with Crippen molar-refractivity contribution in [3.05, 3.63) is 59.4 Å². The lowest BCUT2D eigenvalue weighted by molar-refractivity contribution is -0.116. The zero-order valence-corrected chi connectivity index (χ0v) is 13.1. The molecule has 24 heavy (non-hydrogen) atoms. The van der Waals surface area contributed by atoms with Crippen LogP contribution < -0.4 is 16.0 Å². The molecule has 0 radical (unpaired) electrons. The molecular formula is C18H18FN3O2. The van der Waals surface area contributed by atoms with Crippen LogP contribution in [0.15, 0.2) is 42.5 Å². The Bertz CT molecular complexity index is 774. The molecule has 1 heterocycles. The fraction of sp³-hybridized carbons (Fsp3) is 0.222. The van der Waals surface area contributed by atoms with Gasteiger partial charge in [0.1, 0.15) is 5.82 Å². The molecule has 5 nitrogen and oxygen atoms in total. The van der Waals surface area contributed by atoms with Crippen molar-refractivity contribution in [2.45, 2.75) is 12.8 Å². The standard InChI is InChI=1S/C18H18FN3O2/c19-13-8-6-12(7-9-13)18(24)21-15-4-1-5-16-14(15)3-2-10-22(16)11-17(20)23/h1,4-9H,2-3,10-11H2,(H2,20,23)(H,21,24). The van der Waals surface area contributed by atoms with Crippen molar-refractivity contribution >= 4 is 23.2 Å². The van der Waals surface area contributed by atoms with Gasteiger partial charge in [0.25, 0.3) is 5.91 Å². The molecule has 0 atom stereocenters. The monoisotopic (exact) mass is 327 g/mol. The molecule has 3 N–H and O–H groups in total. The molecule has 0 saturated heterocycles. The Kier molecular flexibility index (Phi) is 4.46. The van der Waals surface area contributed by atoms with E-state index in [2.05, 4.69) is 5.32 Å². The van der Waals surface area contributed by atoms with Gasteiger partial charge in [0.05, 0.1) is 6.54 Å². The lowest BCUT2D eigenvalue weighted by atomic mass is 9.99. The van der Waals surface area contributed by atoms with Gasteiger partial charge in [-0.15, -0.1) is 0 Å². The summed E-state index contributed by atoms with van der Waals surface area (Å²) < 4.78 is 13.0. The van der Waals surface area contributed by atoms with Crippen molar-refractivity contribution in [1.82, 2.24) is 0 Å². The summed E-state index contributed by atoms with van der Waals surface area (Å²) in [5.41, 5.74) is 8.30. The molecule has 0 spiro atoms. The number of nitrogens with zero attached hydrogens (tertiary/aromatic N) is 1. The van der Waals surface area contributed by atoms with E-state index in [1.54, 1.807) is 0 Å². The van der Waals surface area contributed by atoms with Gasteiger partial charge in [0.2, 0.25) is 5.91 Å². The van der Waals surface area contributed by atoms with Gasteiger partial charge >= 0.3 is 0 Å². The highest BCUT2D eigenvalue weighted by Crippen LogP contribution is 2.32. The van der Waals surface area contributed by atoms with Crippen molar-refractivity contribution in [1.29, 1.82) is 0 Å². The predicted octanol–water partition coefficient (Wildman–Crippen LogP) is 2.32. The number of nitrogens with two attached hydrogens (primary N) is 1. The van der Waals surface area contributed by atoms with Crippen LogP contribution in [0.25, 0.3) is 0 Å². The second-order valence-corrected chi connectivity index (χ2v) is 5.76. The number of carbonyl (C=O) groups excluding carboxylic acids is 2. The molecule has 0 unspecified atom stereocenters. The number of carbonyl (C=O) groups is 2. The Morgan fingerprint density at radius 1 is 1.17 bits per heavy atom. The highest BCUT2D eigenvalue weighted by atomic mass is 19.1. The second kappa shape index (κ2) is 6.70. The number of hydrogen-bond acceptors (Lipinski definition) is 3. The van der Waals surface area contributed by atoms with Crippen LogP contribution in [0, 0.1) is 5.82 Å². The van der Waals surface area contributed by atoms with E-state index >= 15 is 0 Å². The number of amides is 2. The molecule has 124 valence electrons. The molecule has 3 rings (SSSR count). The third-order valence-electron chi connectivity index (χ3n) is 4.05. The Hall–Kier alpha value is -2.89. The second-order valence-electron chi connectivity index (χ2n) is 5.76. The van der Waals surface area contributed by atoms with E-state index in [1.807, 2.05) is 23.1 Å². The molecule has 0 fully saturated rings. The molecule has 2 amide bonds. The summed E-state index contributed by atoms with van der Waals surface area (Å²) in [5.74, 6) is -1.07. The molecule has 0 saturated carbocycles. The van der Waals surface area contributed by atoms with Crippen LogP contribution in [0.3, 0.4) is 0 Å². The minimum atomic E-state index is -0.386. The number of hydrogen-bond donors (Lipinski definition) is 2. The maximum Gasteiger partial charge on any atom is 0.255 e. The smallest absolute Gasteiger partial charge is 0.255 e. The van der Waals surface area contributed by atoms with Crippen molar-refractivity contribution in [3.63, 3.8) is 0 Å². The van der Waals surface area contributed by atoms with Crippen molar-refractivity contribution in [3.8, 4) is 0 Å². The lowest BCUT2D eigenvalue weighted by Gasteiger charge is -2.31. The third kappa shape index (κ3) is 3.37. The molecule has 2 aromatic rings. The predicted molar refractivity (Wildman–Crippen MR) is 90.5 cm³/mol. The molecule has 6 heteroatoms. The number of anilines is 2. The Morgan fingerprint density at radius 2 is 1.92 bits per heavy atom. The molecule has 0 bridgehead atoms. The molecule has 2 aromatic carbocycles. The van der Waals surface area contributed by atoms with Gasteiger partial charge in [0.15, 0.2) is 0 Å². The molecule has 1 aliphatic heterocycles. The van der Waals surface area contributed by atoms with Crippen molar-refractivity contribution in [2.24, 2.45) is 5.73 Å². The van der Waals surface area contributed by atoms with Gasteiger partial charge in [-0.2, -0.15) is 0 Å². The summed E-state index contributed by atoms with van der Waals surface area (Å²) in [6.45, 7) is 0.910. The Morgan fingerprint density at radius 3 is 2.62 bits per heavy atom. The summed E-state index contributed by atoms with van der Waals surface area (Å²) in [6.07, 6.45) is 1.69. The van der Waals surface area contributed by atoms with E-state index < -0.39 is 0 Å². The first-order valence-electron chi connectivity index (χ1n) is 7.76. The number of fused-ring (bicyclic) bond motifs is 1. The van der Waals surface area contributed by atoms with Gasteiger partial charge in [-0.1, -0.05) is 6.07 Å². The van der Waals surface area contributed by atoms with Crippen LogP contribution >= 0.6 is 0 Å². The van der Waals surface area contributed by atoms with Gasteiger partial charge in [-0.05, 0) is 54.8 Å². The first-order valence-corrected chi connectivity index (χ1v) is 7.76. The maximum absolute atomic E-state index is 13.0. The summed E-state index contributed by atoms with van der Waals surface area (Å²) in [4.78, 5) is 25.5. The van der Waals surface area contributed by atoms with E-state index in [-0.39, 0.29) is 24.2 Å². The highest BCUT2D eigenvalue weighted by Gasteiger charge is 2.21. The zero-order valence-electron chi connectivity index (χ0n) is 13.1. The van der Waals surface area contributed by atoms with Gasteiger partial charge < -0.3 is 16.0 Å². The van der Waals surface area contributed by atoms with Gasteiger partial charge in [-0.3, -0.25) is 9.59 Å². The van der Waals surface area contributed by atoms with Gasteiger partial charge in [-0.25, -0.2) is 4.39 Å². The maximum atomic E-state index is 13.0. The summed E-state index contributed by atoms with van der Waals surface area (Å²) >= 11 is 0. The summed E-state index contributed by atoms with van der Waals surface area (Å²) in [7, 11) is 0. The Balaban J connectivity index is 1.85. The Labute approximate surface area is 139 Å². The minimum absolute atomic E-state index is 0.155. The number of halogens is 1. The topological polar surface area (TPSA) is 75.4 Å². The fourth-order valence-electron chi connectivity index (χ4n) is 2.97. The molecule has 0 aliphatic carbocycles. The number of rotatable bonds is 4. The average Bonchev–Trinajstić information content (AvgIpc) is 2.56. The van der Waals surface area contributed by atoms with Crippen LogP contribution in [0.1, 0.15) is 22.3 Å². The van der Waals surface area contributed by atoms with E-state index in [0.29, 0.717) is 11.3 Å². The largest absolute Gasteiger partial charge is 0.368 e. The van der Waals surface area contributed by atoms with Crippen LogP contribution in [0.2, 0.25) is 0 Å². The van der Waals surface area contributed by atoms with E-state index in [1.165, 1.54) is 24.3 Å². The molecule has 0 aromatic heterocycles. The SMILES string of the molecule is NC(=O)CN1CCCc2c(NC(=O)c3ccc(F)cc3)cccc21. The number of primary amides is 1. The fourth-order valence-corrected chi connectivity index (χ4v) is 2.97. The first-order chi connectivity index (χ1) is 11.5. The minimum Gasteiger partial charge on any atom is -0.368 e. The van der Waals surface area contributed by atoms with Crippen molar-refractivity contribution < 1.29 is 14.0 Å². The van der Waals surface area contributed by atoms with E-state index in [9.17, 15) is 14.0 Å². The highest BCUT2D eigenvalue weighted by molar-refractivity contribution is 6.05. The van der Waals surface area contributed by atoms with Crippen LogP contribution in [-0.2, 0) is 11.2 Å². The average molecular weight is 327 g/mol. The molecule has 1 aliphatic rings. The number of nitrogens with one attached hydrogen (secondary N) is 1.